The molecule has 0 radical (unpaired) electrons. The van der Waals surface area contributed by atoms with Gasteiger partial charge in [0, 0.05) is 23.0 Å². The lowest BCUT2D eigenvalue weighted by molar-refractivity contribution is -0.327. The van der Waals surface area contributed by atoms with Crippen LogP contribution < -0.4 is 4.74 Å². The van der Waals surface area contributed by atoms with E-state index in [0.29, 0.717) is 5.56 Å². The van der Waals surface area contributed by atoms with Crippen LogP contribution in [0.2, 0.25) is 0 Å². The molecular weight excluding hydrogens is 1010 g/mol. The molecule has 5 aliphatic heterocycles. The highest BCUT2D eigenvalue weighted by atomic mass is 16.8. The van der Waals surface area contributed by atoms with E-state index in [9.17, 15) is 75.3 Å². The van der Waals surface area contributed by atoms with Gasteiger partial charge in [0.05, 0.1) is 70.6 Å². The molecule has 0 spiro atoms. The topological polar surface area (TPSA) is 402 Å². The Bertz CT molecular complexity index is 2230. The van der Waals surface area contributed by atoms with Crippen LogP contribution in [0.4, 0.5) is 0 Å². The van der Waals surface area contributed by atoms with Crippen molar-refractivity contribution in [3.05, 3.63) is 76.8 Å². The zero-order chi connectivity index (χ0) is 54.8. The average Bonchev–Trinajstić information content (AvgIpc) is 3.40. The summed E-state index contributed by atoms with van der Waals surface area (Å²) in [5, 5.41) is 113. The molecule has 5 unspecified atom stereocenters. The normalized spacial score (nSPS) is 37.1. The Morgan fingerprint density at radius 3 is 1.43 bits per heavy atom. The van der Waals surface area contributed by atoms with Crippen LogP contribution in [0.15, 0.2) is 71.2 Å². The summed E-state index contributed by atoms with van der Waals surface area (Å²) in [7, 11) is 2.22. The molecule has 3 saturated heterocycles. The number of aliphatic hydroxyl groups excluding tert-OH is 11. The summed E-state index contributed by atoms with van der Waals surface area (Å²) in [6.45, 7) is 0.862. The van der Waals surface area contributed by atoms with E-state index in [4.69, 9.17) is 56.8 Å². The first-order chi connectivity index (χ1) is 35.8. The third kappa shape index (κ3) is 13.8. The van der Waals surface area contributed by atoms with E-state index in [0.717, 1.165) is 26.7 Å². The second-order valence-electron chi connectivity index (χ2n) is 17.8. The zero-order valence-electron chi connectivity index (χ0n) is 41.0. The van der Waals surface area contributed by atoms with Gasteiger partial charge in [0.25, 0.3) is 0 Å². The fourth-order valence-corrected chi connectivity index (χ4v) is 8.80. The van der Waals surface area contributed by atoms with Gasteiger partial charge in [-0.25, -0.2) is 9.59 Å². The van der Waals surface area contributed by atoms with Crippen molar-refractivity contribution in [2.75, 3.05) is 40.6 Å². The Balaban J connectivity index is 1.01. The Morgan fingerprint density at radius 1 is 0.560 bits per heavy atom. The molecule has 75 heavy (non-hydrogen) atoms. The lowest BCUT2D eigenvalue weighted by Crippen LogP contribution is -2.60. The first kappa shape index (κ1) is 59.2. The largest absolute Gasteiger partial charge is 0.468 e. The second-order valence-corrected chi connectivity index (χ2v) is 17.8. The van der Waals surface area contributed by atoms with Gasteiger partial charge in [-0.15, -0.1) is 0 Å². The molecule has 6 rings (SSSR count). The fourth-order valence-electron chi connectivity index (χ4n) is 8.80. The van der Waals surface area contributed by atoms with E-state index in [1.807, 2.05) is 0 Å². The molecular formula is C48H64O27. The SMILES string of the molecule is CC=C1C(CC(=O)OC[C@H]2OC(OCCc3ccc(OC(=O)CC4C(C(=O)OC)=CO[C@@H](OC5O[C@H](CO)[C@@H](O)[C@H](O)[C@H]5O)/C4=C/C)cc3)[C@H](O)[C@@H](O)[C@@H]2O)C(C(=O)OC)=CO[C@@H]1OC1O[C@H](CO)[C@@H](O)[C@H](O)[C@H]1O. The number of benzene rings is 1. The van der Waals surface area contributed by atoms with Gasteiger partial charge in [-0.2, -0.15) is 0 Å². The summed E-state index contributed by atoms with van der Waals surface area (Å²) < 4.78 is 65.8. The number of methoxy groups -OCH3 is 2. The van der Waals surface area contributed by atoms with Gasteiger partial charge in [-0.1, -0.05) is 24.3 Å². The van der Waals surface area contributed by atoms with Crippen molar-refractivity contribution in [2.24, 2.45) is 11.8 Å². The number of aliphatic hydroxyl groups is 11. The molecule has 5 heterocycles. The maximum atomic E-state index is 13.4. The molecule has 11 N–H and O–H groups in total. The van der Waals surface area contributed by atoms with Crippen LogP contribution >= 0.6 is 0 Å². The predicted octanol–water partition coefficient (Wildman–Crippen LogP) is -4.13. The van der Waals surface area contributed by atoms with Crippen LogP contribution in [0.5, 0.6) is 5.75 Å². The van der Waals surface area contributed by atoms with Gasteiger partial charge in [0.15, 0.2) is 18.9 Å². The Hall–Kier alpha value is -5.02. The maximum Gasteiger partial charge on any atom is 0.337 e. The monoisotopic (exact) mass is 1070 g/mol. The average molecular weight is 1070 g/mol. The molecule has 27 nitrogen and oxygen atoms in total. The van der Waals surface area contributed by atoms with Crippen LogP contribution in [-0.2, 0) is 77.7 Å². The Kier molecular flexibility index (Phi) is 21.2. The van der Waals surface area contributed by atoms with Crippen LogP contribution in [0.3, 0.4) is 0 Å². The zero-order valence-corrected chi connectivity index (χ0v) is 41.0. The lowest BCUT2D eigenvalue weighted by Gasteiger charge is -2.42. The molecule has 0 saturated carbocycles. The molecule has 0 aliphatic carbocycles. The third-order valence-corrected chi connectivity index (χ3v) is 13.1. The van der Waals surface area contributed by atoms with Crippen molar-refractivity contribution in [3.8, 4) is 5.75 Å². The van der Waals surface area contributed by atoms with Crippen LogP contribution in [-0.4, -0.2) is 225 Å². The van der Waals surface area contributed by atoms with Crippen LogP contribution in [0, 0.1) is 11.8 Å². The molecule has 5 aliphatic rings. The quantitative estimate of drug-likeness (QED) is 0.0271. The number of esters is 4. The van der Waals surface area contributed by atoms with Crippen molar-refractivity contribution >= 4 is 23.9 Å². The Labute approximate surface area is 428 Å². The molecule has 1 aromatic carbocycles. The number of carbonyl (C=O) groups is 4. The van der Waals surface area contributed by atoms with Crippen molar-refractivity contribution in [3.63, 3.8) is 0 Å². The molecule has 418 valence electrons. The first-order valence-electron chi connectivity index (χ1n) is 23.7. The lowest BCUT2D eigenvalue weighted by atomic mass is 9.86. The van der Waals surface area contributed by atoms with Gasteiger partial charge >= 0.3 is 23.9 Å². The minimum Gasteiger partial charge on any atom is -0.468 e. The molecule has 27 heteroatoms. The second kappa shape index (κ2) is 26.8. The third-order valence-electron chi connectivity index (χ3n) is 13.1. The molecule has 3 fully saturated rings. The van der Waals surface area contributed by atoms with Gasteiger partial charge in [-0.3, -0.25) is 9.59 Å². The van der Waals surface area contributed by atoms with Gasteiger partial charge < -0.3 is 113 Å². The maximum absolute atomic E-state index is 13.4. The minimum absolute atomic E-state index is 0.0730. The highest BCUT2D eigenvalue weighted by molar-refractivity contribution is 5.91. The summed E-state index contributed by atoms with van der Waals surface area (Å²) in [6, 6.07) is 6.15. The molecule has 0 amide bonds. The highest BCUT2D eigenvalue weighted by Gasteiger charge is 2.50. The predicted molar refractivity (Wildman–Crippen MR) is 243 cm³/mol. The van der Waals surface area contributed by atoms with Crippen molar-refractivity contribution < 1.29 is 132 Å². The molecule has 1 aromatic rings. The first-order valence-corrected chi connectivity index (χ1v) is 23.7. The van der Waals surface area contributed by atoms with E-state index in [2.05, 4.69) is 0 Å². The smallest absolute Gasteiger partial charge is 0.337 e. The van der Waals surface area contributed by atoms with E-state index in [-0.39, 0.29) is 41.1 Å². The van der Waals surface area contributed by atoms with E-state index < -0.39 is 173 Å². The summed E-state index contributed by atoms with van der Waals surface area (Å²) in [5.41, 5.74) is 0.788. The van der Waals surface area contributed by atoms with Gasteiger partial charge in [-0.05, 0) is 38.0 Å². The van der Waals surface area contributed by atoms with Crippen molar-refractivity contribution in [1.82, 2.24) is 0 Å². The van der Waals surface area contributed by atoms with Crippen molar-refractivity contribution in [1.29, 1.82) is 0 Å². The summed E-state index contributed by atoms with van der Waals surface area (Å²) in [5.74, 6) is -5.53. The van der Waals surface area contributed by atoms with E-state index in [1.54, 1.807) is 19.1 Å². The van der Waals surface area contributed by atoms with Crippen LogP contribution in [0.25, 0.3) is 0 Å². The number of carbonyl (C=O) groups excluding carboxylic acids is 4. The minimum atomic E-state index is -1.81. The number of allylic oxidation sites excluding steroid dienone is 2. The van der Waals surface area contributed by atoms with E-state index in [1.165, 1.54) is 31.2 Å². The van der Waals surface area contributed by atoms with Crippen molar-refractivity contribution in [2.45, 2.75) is 138 Å². The van der Waals surface area contributed by atoms with Gasteiger partial charge in [0.1, 0.15) is 85.6 Å². The molecule has 19 atom stereocenters. The molecule has 0 bridgehead atoms. The number of ether oxygens (including phenoxy) is 12. The van der Waals surface area contributed by atoms with E-state index >= 15 is 0 Å². The fraction of sp³-hybridized carbons (Fsp3) is 0.625. The number of hydrogen-bond acceptors (Lipinski definition) is 27. The molecule has 0 aromatic heterocycles. The summed E-state index contributed by atoms with van der Waals surface area (Å²) in [6.07, 6.45) is -23.2. The summed E-state index contributed by atoms with van der Waals surface area (Å²) in [4.78, 5) is 52.3. The highest BCUT2D eigenvalue weighted by Crippen LogP contribution is 2.38. The summed E-state index contributed by atoms with van der Waals surface area (Å²) >= 11 is 0. The Morgan fingerprint density at radius 2 is 0.987 bits per heavy atom. The number of hydrogen-bond donors (Lipinski definition) is 11. The standard InChI is InChI=1S/C48H64O27/c1-5-22-24(26(42(62)64-3)17-68-44(22)74-47-40(60)36(56)33(53)28(15-49)71-47)13-31(51)67-19-30-35(55)38(58)39(59)46(73-30)66-12-11-20-7-9-21(10-8-20)70-32(52)14-25-23(6-2)45(69-18-27(25)43(63)65-4)75-48-41(61)37(57)34(54)29(16-50)72-48/h5-10,17-18,24-25,28-30,33-41,44-50,53-61H,11-16,19H2,1-4H3/b22-5?,23-6+/t24?,25?,28-,29-,30-,33-,34-,35-,36+,37+,38+,39-,40-,41-,44-,45+,46?,47?,48?/m1/s1. The van der Waals surface area contributed by atoms with Crippen LogP contribution in [0.1, 0.15) is 32.3 Å². The number of rotatable bonds is 19. The van der Waals surface area contributed by atoms with Gasteiger partial charge in [0.2, 0.25) is 12.6 Å².